The Morgan fingerprint density at radius 2 is 1.50 bits per heavy atom. The Labute approximate surface area is 122 Å². The fourth-order valence-electron chi connectivity index (χ4n) is 2.75. The van der Waals surface area contributed by atoms with Gasteiger partial charge in [0.25, 0.3) is 0 Å². The molecule has 0 aliphatic carbocycles. The molecule has 0 saturated carbocycles. The first-order valence-corrected chi connectivity index (χ1v) is 7.88. The molecule has 2 heterocycles. The summed E-state index contributed by atoms with van der Waals surface area (Å²) in [5.41, 5.74) is 5.68. The lowest BCUT2D eigenvalue weighted by molar-refractivity contribution is 0.226. The summed E-state index contributed by atoms with van der Waals surface area (Å²) in [5.74, 6) is 0. The quantitative estimate of drug-likeness (QED) is 0.448. The van der Waals surface area contributed by atoms with Crippen molar-refractivity contribution in [2.75, 3.05) is 85.5 Å². The normalized spacial score (nSPS) is 31.6. The molecule has 7 heteroatoms. The van der Waals surface area contributed by atoms with Crippen LogP contribution in [-0.4, -0.2) is 100 Å². The number of hydrogen-bond donors (Lipinski definition) is 4. The average Bonchev–Trinajstić information content (AvgIpc) is 2.89. The summed E-state index contributed by atoms with van der Waals surface area (Å²) >= 11 is 0. The summed E-state index contributed by atoms with van der Waals surface area (Å²) < 4.78 is 0. The molecule has 2 rings (SSSR count). The fraction of sp³-hybridized carbons (Fsp3) is 1.00. The second-order valence-electron chi connectivity index (χ2n) is 5.62. The Kier molecular flexibility index (Phi) is 7.74. The molecule has 2 unspecified atom stereocenters. The zero-order valence-corrected chi connectivity index (χ0v) is 12.6. The van der Waals surface area contributed by atoms with E-state index in [4.69, 9.17) is 5.73 Å². The standard InChI is InChI=1S/C13H31N7/c14-1-5-18-6-2-15-11-16-3-8-19-9-10-20(13-19)12-17-4-7-18/h15-17H,1-14H2. The minimum absolute atomic E-state index is 0.735. The molecule has 0 amide bonds. The molecule has 0 aromatic heterocycles. The van der Waals surface area contributed by atoms with Crippen LogP contribution in [0.5, 0.6) is 0 Å². The average molecular weight is 285 g/mol. The Balaban J connectivity index is 1.74. The molecule has 2 aliphatic heterocycles. The van der Waals surface area contributed by atoms with Gasteiger partial charge in [0.05, 0.1) is 6.67 Å². The smallest absolute Gasteiger partial charge is 0.0519 e. The van der Waals surface area contributed by atoms with Gasteiger partial charge < -0.3 is 21.7 Å². The summed E-state index contributed by atoms with van der Waals surface area (Å²) in [5, 5.41) is 10.4. The van der Waals surface area contributed by atoms with E-state index < -0.39 is 0 Å². The first-order chi connectivity index (χ1) is 9.88. The first kappa shape index (κ1) is 16.1. The summed E-state index contributed by atoms with van der Waals surface area (Å²) in [6, 6.07) is 0. The molecule has 2 atom stereocenters. The zero-order valence-electron chi connectivity index (χ0n) is 12.6. The van der Waals surface area contributed by atoms with E-state index in [1.807, 2.05) is 0 Å². The van der Waals surface area contributed by atoms with Crippen molar-refractivity contribution < 1.29 is 0 Å². The van der Waals surface area contributed by atoms with Crippen molar-refractivity contribution >= 4 is 0 Å². The second kappa shape index (κ2) is 9.62. The molecule has 2 aliphatic rings. The molecule has 0 aromatic carbocycles. The van der Waals surface area contributed by atoms with Crippen LogP contribution in [0.25, 0.3) is 0 Å². The lowest BCUT2D eigenvalue weighted by Gasteiger charge is -2.23. The van der Waals surface area contributed by atoms with Crippen LogP contribution in [0.2, 0.25) is 0 Å². The van der Waals surface area contributed by atoms with Crippen molar-refractivity contribution in [3.63, 3.8) is 0 Å². The van der Waals surface area contributed by atoms with Gasteiger partial charge >= 0.3 is 0 Å². The molecular formula is C13H31N7. The molecule has 2 fully saturated rings. The molecule has 20 heavy (non-hydrogen) atoms. The van der Waals surface area contributed by atoms with Gasteiger partial charge in [-0.2, -0.15) is 0 Å². The summed E-state index contributed by atoms with van der Waals surface area (Å²) in [6.45, 7) is 13.5. The first-order valence-electron chi connectivity index (χ1n) is 7.88. The maximum atomic E-state index is 5.68. The maximum absolute atomic E-state index is 5.68. The zero-order chi connectivity index (χ0) is 14.0. The third-order valence-electron chi connectivity index (χ3n) is 3.98. The Morgan fingerprint density at radius 1 is 0.800 bits per heavy atom. The van der Waals surface area contributed by atoms with Crippen LogP contribution in [0.4, 0.5) is 0 Å². The van der Waals surface area contributed by atoms with Crippen LogP contribution in [-0.2, 0) is 0 Å². The van der Waals surface area contributed by atoms with E-state index in [-0.39, 0.29) is 0 Å². The van der Waals surface area contributed by atoms with Crippen LogP contribution >= 0.6 is 0 Å². The summed E-state index contributed by atoms with van der Waals surface area (Å²) in [7, 11) is 0. The third-order valence-corrected chi connectivity index (χ3v) is 3.98. The monoisotopic (exact) mass is 285 g/mol. The summed E-state index contributed by atoms with van der Waals surface area (Å²) in [6.07, 6.45) is 0. The van der Waals surface area contributed by atoms with E-state index in [2.05, 4.69) is 30.7 Å². The molecule has 0 aromatic rings. The number of nitrogens with two attached hydrogens (primary N) is 1. The van der Waals surface area contributed by atoms with Crippen LogP contribution < -0.4 is 21.7 Å². The Bertz CT molecular complexity index is 251. The molecule has 0 spiro atoms. The van der Waals surface area contributed by atoms with Crippen LogP contribution in [0.1, 0.15) is 0 Å². The largest absolute Gasteiger partial charge is 0.329 e. The van der Waals surface area contributed by atoms with Crippen LogP contribution in [0.15, 0.2) is 0 Å². The predicted molar refractivity (Wildman–Crippen MR) is 82.4 cm³/mol. The number of nitrogens with one attached hydrogen (secondary N) is 3. The Hall–Kier alpha value is -0.280. The van der Waals surface area contributed by atoms with Gasteiger partial charge in [-0.05, 0) is 0 Å². The fourth-order valence-corrected chi connectivity index (χ4v) is 2.75. The van der Waals surface area contributed by atoms with Crippen LogP contribution in [0.3, 0.4) is 0 Å². The van der Waals surface area contributed by atoms with E-state index in [0.29, 0.717) is 0 Å². The number of nitrogens with zero attached hydrogens (tertiary/aromatic N) is 3. The van der Waals surface area contributed by atoms with Gasteiger partial charge in [0.15, 0.2) is 0 Å². The molecule has 7 nitrogen and oxygen atoms in total. The molecule has 2 bridgehead atoms. The van der Waals surface area contributed by atoms with Gasteiger partial charge in [-0.1, -0.05) is 0 Å². The van der Waals surface area contributed by atoms with E-state index >= 15 is 0 Å². The van der Waals surface area contributed by atoms with Crippen molar-refractivity contribution in [2.24, 2.45) is 5.73 Å². The van der Waals surface area contributed by atoms with Crippen molar-refractivity contribution in [1.29, 1.82) is 0 Å². The van der Waals surface area contributed by atoms with Crippen molar-refractivity contribution in [1.82, 2.24) is 30.7 Å². The minimum Gasteiger partial charge on any atom is -0.329 e. The lowest BCUT2D eigenvalue weighted by atomic mass is 10.4. The van der Waals surface area contributed by atoms with Gasteiger partial charge in [0.2, 0.25) is 0 Å². The molecular weight excluding hydrogens is 254 g/mol. The van der Waals surface area contributed by atoms with Gasteiger partial charge in [-0.3, -0.25) is 14.7 Å². The Morgan fingerprint density at radius 3 is 2.30 bits per heavy atom. The van der Waals surface area contributed by atoms with Crippen LogP contribution in [0, 0.1) is 0 Å². The predicted octanol–water partition coefficient (Wildman–Crippen LogP) is -2.48. The van der Waals surface area contributed by atoms with Gasteiger partial charge in [0, 0.05) is 78.8 Å². The van der Waals surface area contributed by atoms with Crippen molar-refractivity contribution in [3.05, 3.63) is 0 Å². The van der Waals surface area contributed by atoms with E-state index in [9.17, 15) is 0 Å². The maximum Gasteiger partial charge on any atom is 0.0519 e. The van der Waals surface area contributed by atoms with Crippen molar-refractivity contribution in [2.45, 2.75) is 0 Å². The number of rotatable bonds is 2. The highest BCUT2D eigenvalue weighted by Gasteiger charge is 2.18. The minimum atomic E-state index is 0.735. The second-order valence-corrected chi connectivity index (χ2v) is 5.62. The highest BCUT2D eigenvalue weighted by molar-refractivity contribution is 4.72. The highest BCUT2D eigenvalue weighted by atomic mass is 15.4. The molecule has 5 N–H and O–H groups in total. The van der Waals surface area contributed by atoms with E-state index in [1.54, 1.807) is 0 Å². The third kappa shape index (κ3) is 6.01. The molecule has 118 valence electrons. The highest BCUT2D eigenvalue weighted by Crippen LogP contribution is 2.02. The molecule has 2 saturated heterocycles. The lowest BCUT2D eigenvalue weighted by Crippen LogP contribution is -2.42. The van der Waals surface area contributed by atoms with E-state index in [0.717, 1.165) is 72.4 Å². The van der Waals surface area contributed by atoms with E-state index in [1.165, 1.54) is 13.1 Å². The molecule has 0 radical (unpaired) electrons. The SMILES string of the molecule is NCCN1CCNCNCCN2CCN(CNCC1)C2. The van der Waals surface area contributed by atoms with Gasteiger partial charge in [-0.15, -0.1) is 0 Å². The van der Waals surface area contributed by atoms with Gasteiger partial charge in [-0.25, -0.2) is 0 Å². The topological polar surface area (TPSA) is 71.8 Å². The van der Waals surface area contributed by atoms with Gasteiger partial charge in [0.1, 0.15) is 0 Å². The summed E-state index contributed by atoms with van der Waals surface area (Å²) in [4.78, 5) is 7.41. The number of fused-ring (bicyclic) bond motifs is 2. The number of hydrogen-bond acceptors (Lipinski definition) is 7. The van der Waals surface area contributed by atoms with Crippen molar-refractivity contribution in [3.8, 4) is 0 Å².